The van der Waals surface area contributed by atoms with Gasteiger partial charge in [-0.05, 0) is 66.8 Å². The number of rotatable bonds is 6. The average molecular weight is 308 g/mol. The average Bonchev–Trinajstić information content (AvgIpc) is 2.50. The first-order valence-electron chi connectivity index (χ1n) is 6.89. The Morgan fingerprint density at radius 3 is 2.71 bits per heavy atom. The van der Waals surface area contributed by atoms with Gasteiger partial charge in [0.05, 0.1) is 7.11 Å². The van der Waals surface area contributed by atoms with E-state index in [1.807, 2.05) is 24.3 Å². The molecular weight excluding hydrogens is 289 g/mol. The molecule has 2 N–H and O–H groups in total. The van der Waals surface area contributed by atoms with Crippen molar-refractivity contribution in [1.29, 1.82) is 0 Å². The van der Waals surface area contributed by atoms with Gasteiger partial charge in [-0.25, -0.2) is 4.39 Å². The molecule has 112 valence electrons. The maximum Gasteiger partial charge on any atom is 0.123 e. The van der Waals surface area contributed by atoms with Crippen molar-refractivity contribution in [1.82, 2.24) is 0 Å². The molecule has 1 unspecified atom stereocenters. The minimum absolute atomic E-state index is 0.205. The Bertz CT molecular complexity index is 603. The van der Waals surface area contributed by atoms with Crippen molar-refractivity contribution in [3.8, 4) is 5.75 Å². The van der Waals surface area contributed by atoms with Crippen LogP contribution in [0, 0.1) is 11.7 Å². The van der Waals surface area contributed by atoms with Crippen molar-refractivity contribution in [2.45, 2.75) is 12.8 Å². The third-order valence-electron chi connectivity index (χ3n) is 3.51. The minimum atomic E-state index is -0.272. The zero-order chi connectivity index (χ0) is 15.2. The first kappa shape index (κ1) is 15.8. The molecule has 0 bridgehead atoms. The van der Waals surface area contributed by atoms with Gasteiger partial charge in [0.25, 0.3) is 0 Å². The zero-order valence-electron chi connectivity index (χ0n) is 12.0. The van der Waals surface area contributed by atoms with E-state index in [1.165, 1.54) is 12.1 Å². The predicted molar refractivity (Wildman–Crippen MR) is 84.4 cm³/mol. The molecule has 0 aliphatic rings. The fraction of sp³-hybridized carbons (Fsp3) is 0.294. The van der Waals surface area contributed by atoms with Crippen LogP contribution in [-0.2, 0) is 12.8 Å². The smallest absolute Gasteiger partial charge is 0.123 e. The summed E-state index contributed by atoms with van der Waals surface area (Å²) in [6.45, 7) is 0.518. The minimum Gasteiger partial charge on any atom is -0.497 e. The van der Waals surface area contributed by atoms with Crippen LogP contribution in [0.3, 0.4) is 0 Å². The molecule has 2 aromatic carbocycles. The number of hydrogen-bond acceptors (Lipinski definition) is 2. The molecule has 0 radical (unpaired) electrons. The molecule has 0 aliphatic carbocycles. The molecule has 0 saturated carbocycles. The standard InChI is InChI=1S/C17H19ClFNO/c1-21-16-4-2-3-12(9-16)7-13(11-20)8-14-10-15(19)5-6-17(14)18/h2-6,9-10,13H,7-8,11,20H2,1H3. The molecule has 2 rings (SSSR count). The summed E-state index contributed by atoms with van der Waals surface area (Å²) in [4.78, 5) is 0. The Morgan fingerprint density at radius 2 is 2.00 bits per heavy atom. The highest BCUT2D eigenvalue weighted by Crippen LogP contribution is 2.23. The van der Waals surface area contributed by atoms with Crippen LogP contribution in [0.4, 0.5) is 4.39 Å². The van der Waals surface area contributed by atoms with E-state index in [-0.39, 0.29) is 11.7 Å². The molecule has 0 fully saturated rings. The van der Waals surface area contributed by atoms with Gasteiger partial charge in [-0.2, -0.15) is 0 Å². The summed E-state index contributed by atoms with van der Waals surface area (Å²) in [7, 11) is 1.64. The molecule has 1 atom stereocenters. The van der Waals surface area contributed by atoms with Gasteiger partial charge in [-0.3, -0.25) is 0 Å². The lowest BCUT2D eigenvalue weighted by molar-refractivity contribution is 0.413. The van der Waals surface area contributed by atoms with Crippen molar-refractivity contribution in [3.05, 3.63) is 64.4 Å². The van der Waals surface area contributed by atoms with Crippen LogP contribution >= 0.6 is 11.6 Å². The van der Waals surface area contributed by atoms with Crippen LogP contribution < -0.4 is 10.5 Å². The second-order valence-corrected chi connectivity index (χ2v) is 5.50. The summed E-state index contributed by atoms with van der Waals surface area (Å²) in [6, 6.07) is 12.3. The monoisotopic (exact) mass is 307 g/mol. The lowest BCUT2D eigenvalue weighted by Gasteiger charge is -2.16. The van der Waals surface area contributed by atoms with E-state index in [0.29, 0.717) is 18.0 Å². The van der Waals surface area contributed by atoms with Gasteiger partial charge in [0.15, 0.2) is 0 Å². The molecule has 0 heterocycles. The Hall–Kier alpha value is -1.58. The van der Waals surface area contributed by atoms with Gasteiger partial charge in [0, 0.05) is 5.02 Å². The van der Waals surface area contributed by atoms with E-state index in [0.717, 1.165) is 23.3 Å². The highest BCUT2D eigenvalue weighted by atomic mass is 35.5. The number of methoxy groups -OCH3 is 1. The van der Waals surface area contributed by atoms with E-state index in [1.54, 1.807) is 13.2 Å². The van der Waals surface area contributed by atoms with E-state index in [2.05, 4.69) is 0 Å². The second-order valence-electron chi connectivity index (χ2n) is 5.10. The van der Waals surface area contributed by atoms with Gasteiger partial charge >= 0.3 is 0 Å². The largest absolute Gasteiger partial charge is 0.497 e. The SMILES string of the molecule is COc1cccc(CC(CN)Cc2cc(F)ccc2Cl)c1. The quantitative estimate of drug-likeness (QED) is 0.880. The topological polar surface area (TPSA) is 35.2 Å². The Kier molecular flexibility index (Phi) is 5.59. The fourth-order valence-electron chi connectivity index (χ4n) is 2.38. The molecule has 0 amide bonds. The lowest BCUT2D eigenvalue weighted by atomic mass is 9.92. The van der Waals surface area contributed by atoms with Crippen LogP contribution in [-0.4, -0.2) is 13.7 Å². The van der Waals surface area contributed by atoms with Crippen molar-refractivity contribution in [2.75, 3.05) is 13.7 Å². The number of nitrogens with two attached hydrogens (primary N) is 1. The van der Waals surface area contributed by atoms with Crippen LogP contribution in [0.25, 0.3) is 0 Å². The third kappa shape index (κ3) is 4.45. The molecule has 0 saturated heterocycles. The van der Waals surface area contributed by atoms with Gasteiger partial charge in [0.1, 0.15) is 11.6 Å². The van der Waals surface area contributed by atoms with Crippen LogP contribution in [0.15, 0.2) is 42.5 Å². The molecule has 21 heavy (non-hydrogen) atoms. The van der Waals surface area contributed by atoms with E-state index >= 15 is 0 Å². The molecule has 2 nitrogen and oxygen atoms in total. The summed E-state index contributed by atoms with van der Waals surface area (Å²) < 4.78 is 18.5. The predicted octanol–water partition coefficient (Wildman–Crippen LogP) is 3.85. The summed E-state index contributed by atoms with van der Waals surface area (Å²) in [5, 5.41) is 0.584. The highest BCUT2D eigenvalue weighted by molar-refractivity contribution is 6.31. The fourth-order valence-corrected chi connectivity index (χ4v) is 2.58. The van der Waals surface area contributed by atoms with Crippen molar-refractivity contribution in [2.24, 2.45) is 11.7 Å². The summed E-state index contributed by atoms with van der Waals surface area (Å²) >= 11 is 6.12. The van der Waals surface area contributed by atoms with E-state index in [9.17, 15) is 4.39 Å². The van der Waals surface area contributed by atoms with E-state index < -0.39 is 0 Å². The Balaban J connectivity index is 2.10. The normalized spacial score (nSPS) is 12.2. The summed E-state index contributed by atoms with van der Waals surface area (Å²) in [5.74, 6) is 0.759. The van der Waals surface area contributed by atoms with Crippen LogP contribution in [0.1, 0.15) is 11.1 Å². The summed E-state index contributed by atoms with van der Waals surface area (Å²) in [5.41, 5.74) is 7.81. The number of hydrogen-bond donors (Lipinski definition) is 1. The molecule has 2 aromatic rings. The summed E-state index contributed by atoms with van der Waals surface area (Å²) in [6.07, 6.45) is 1.46. The lowest BCUT2D eigenvalue weighted by Crippen LogP contribution is -2.19. The Labute approximate surface area is 129 Å². The van der Waals surface area contributed by atoms with Crippen LogP contribution in [0.2, 0.25) is 5.02 Å². The Morgan fingerprint density at radius 1 is 1.19 bits per heavy atom. The molecule has 0 aliphatic heterocycles. The van der Waals surface area contributed by atoms with Crippen molar-refractivity contribution >= 4 is 11.6 Å². The van der Waals surface area contributed by atoms with E-state index in [4.69, 9.17) is 22.1 Å². The number of ether oxygens (including phenoxy) is 1. The van der Waals surface area contributed by atoms with Gasteiger partial charge in [0.2, 0.25) is 0 Å². The second kappa shape index (κ2) is 7.43. The van der Waals surface area contributed by atoms with Gasteiger partial charge < -0.3 is 10.5 Å². The maximum absolute atomic E-state index is 13.3. The number of halogens is 2. The van der Waals surface area contributed by atoms with Gasteiger partial charge in [-0.15, -0.1) is 0 Å². The first-order valence-corrected chi connectivity index (χ1v) is 7.27. The van der Waals surface area contributed by atoms with Crippen LogP contribution in [0.5, 0.6) is 5.75 Å². The molecule has 0 aromatic heterocycles. The zero-order valence-corrected chi connectivity index (χ0v) is 12.7. The number of benzene rings is 2. The van der Waals surface area contributed by atoms with Crippen molar-refractivity contribution in [3.63, 3.8) is 0 Å². The van der Waals surface area contributed by atoms with Gasteiger partial charge in [-0.1, -0.05) is 23.7 Å². The molecule has 0 spiro atoms. The third-order valence-corrected chi connectivity index (χ3v) is 3.88. The molecule has 4 heteroatoms. The van der Waals surface area contributed by atoms with Crippen molar-refractivity contribution < 1.29 is 9.13 Å². The maximum atomic E-state index is 13.3. The highest BCUT2D eigenvalue weighted by Gasteiger charge is 2.12. The first-order chi connectivity index (χ1) is 10.1. The molecular formula is C17H19ClFNO.